The lowest BCUT2D eigenvalue weighted by Gasteiger charge is -2.21. The number of rotatable bonds is 10. The molecule has 2 rings (SSSR count). The van der Waals surface area contributed by atoms with E-state index in [0.717, 1.165) is 12.0 Å². The summed E-state index contributed by atoms with van der Waals surface area (Å²) in [6.07, 6.45) is 0.970. The summed E-state index contributed by atoms with van der Waals surface area (Å²) in [4.78, 5) is 12.7. The number of benzene rings is 2. The lowest BCUT2D eigenvalue weighted by molar-refractivity contribution is -0.123. The maximum absolute atomic E-state index is 12.9. The van der Waals surface area contributed by atoms with Gasteiger partial charge in [0, 0.05) is 6.04 Å². The van der Waals surface area contributed by atoms with Gasteiger partial charge in [0.2, 0.25) is 15.9 Å². The monoisotopic (exact) mass is 438 g/mol. The number of amides is 1. The molecule has 0 radical (unpaired) electrons. The van der Waals surface area contributed by atoms with Crippen LogP contribution in [0.3, 0.4) is 0 Å². The van der Waals surface area contributed by atoms with E-state index in [-0.39, 0.29) is 28.3 Å². The minimum Gasteiger partial charge on any atom is -0.492 e. The summed E-state index contributed by atoms with van der Waals surface area (Å²) in [6, 6.07) is 12.5. The second kappa shape index (κ2) is 10.6. The van der Waals surface area contributed by atoms with Crippen LogP contribution in [0.1, 0.15) is 32.8 Å². The van der Waals surface area contributed by atoms with Crippen molar-refractivity contribution in [3.8, 4) is 5.75 Å². The van der Waals surface area contributed by atoms with Gasteiger partial charge in [-0.25, -0.2) is 8.42 Å². The first-order valence-corrected chi connectivity index (χ1v) is 11.4. The van der Waals surface area contributed by atoms with Gasteiger partial charge in [0.15, 0.2) is 0 Å². The van der Waals surface area contributed by atoms with Crippen molar-refractivity contribution in [1.29, 1.82) is 0 Å². The molecule has 0 heterocycles. The van der Waals surface area contributed by atoms with Gasteiger partial charge in [0.1, 0.15) is 11.8 Å². The van der Waals surface area contributed by atoms with Crippen molar-refractivity contribution < 1.29 is 17.9 Å². The van der Waals surface area contributed by atoms with Crippen molar-refractivity contribution in [2.75, 3.05) is 6.61 Å². The number of carbonyl (C=O) groups excluding carboxylic acids is 1. The Hall–Kier alpha value is -2.09. The molecule has 6 nitrogen and oxygen atoms in total. The SMILES string of the molecule is CCOc1ccc(S(=O)(=O)N[C@H](Cc2ccccc2)C(=O)N[C@H](C)CC)cc1Cl. The fourth-order valence-electron chi connectivity index (χ4n) is 2.66. The van der Waals surface area contributed by atoms with Crippen LogP contribution in [-0.4, -0.2) is 33.0 Å². The van der Waals surface area contributed by atoms with E-state index in [4.69, 9.17) is 16.3 Å². The first-order chi connectivity index (χ1) is 13.8. The molecule has 1 amide bonds. The summed E-state index contributed by atoms with van der Waals surface area (Å²) in [5, 5.41) is 3.04. The van der Waals surface area contributed by atoms with Crippen molar-refractivity contribution in [2.24, 2.45) is 0 Å². The van der Waals surface area contributed by atoms with Crippen molar-refractivity contribution in [3.05, 3.63) is 59.1 Å². The zero-order valence-electron chi connectivity index (χ0n) is 16.8. The molecule has 158 valence electrons. The summed E-state index contributed by atoms with van der Waals surface area (Å²) in [6.45, 7) is 6.05. The third-order valence-corrected chi connectivity index (χ3v) is 6.18. The zero-order chi connectivity index (χ0) is 21.4. The zero-order valence-corrected chi connectivity index (χ0v) is 18.4. The molecule has 2 aromatic carbocycles. The summed E-state index contributed by atoms with van der Waals surface area (Å²) < 4.78 is 33.7. The largest absolute Gasteiger partial charge is 0.492 e. The second-order valence-corrected chi connectivity index (χ2v) is 8.83. The molecule has 0 bridgehead atoms. The summed E-state index contributed by atoms with van der Waals surface area (Å²) >= 11 is 6.13. The predicted molar refractivity (Wildman–Crippen MR) is 115 cm³/mol. The smallest absolute Gasteiger partial charge is 0.241 e. The van der Waals surface area contributed by atoms with E-state index in [9.17, 15) is 13.2 Å². The Morgan fingerprint density at radius 1 is 1.14 bits per heavy atom. The van der Waals surface area contributed by atoms with E-state index in [0.29, 0.717) is 12.4 Å². The first-order valence-electron chi connectivity index (χ1n) is 9.55. The van der Waals surface area contributed by atoms with E-state index in [1.807, 2.05) is 51.1 Å². The van der Waals surface area contributed by atoms with Crippen LogP contribution in [0, 0.1) is 0 Å². The average Bonchev–Trinajstić information content (AvgIpc) is 2.69. The quantitative estimate of drug-likeness (QED) is 0.594. The molecule has 0 aromatic heterocycles. The van der Waals surface area contributed by atoms with Crippen LogP contribution in [-0.2, 0) is 21.2 Å². The molecule has 0 saturated carbocycles. The molecular formula is C21H27ClN2O4S. The van der Waals surface area contributed by atoms with Gasteiger partial charge in [-0.05, 0) is 50.5 Å². The van der Waals surface area contributed by atoms with Crippen molar-refractivity contribution in [2.45, 2.75) is 50.6 Å². The Morgan fingerprint density at radius 2 is 1.83 bits per heavy atom. The summed E-state index contributed by atoms with van der Waals surface area (Å²) in [5.74, 6) is 0.0345. The van der Waals surface area contributed by atoms with E-state index in [1.165, 1.54) is 18.2 Å². The highest BCUT2D eigenvalue weighted by Crippen LogP contribution is 2.27. The first kappa shape index (κ1) is 23.2. The highest BCUT2D eigenvalue weighted by Gasteiger charge is 2.27. The molecule has 2 atom stereocenters. The molecule has 0 unspecified atom stereocenters. The molecule has 8 heteroatoms. The van der Waals surface area contributed by atoms with Gasteiger partial charge in [-0.1, -0.05) is 48.9 Å². The molecule has 0 aliphatic rings. The molecule has 0 saturated heterocycles. The third-order valence-electron chi connectivity index (χ3n) is 4.41. The average molecular weight is 439 g/mol. The summed E-state index contributed by atoms with van der Waals surface area (Å²) in [5.41, 5.74) is 0.851. The number of hydrogen-bond donors (Lipinski definition) is 2. The Bertz CT molecular complexity index is 920. The standard InChI is InChI=1S/C21H27ClN2O4S/c1-4-15(3)23-21(25)19(13-16-9-7-6-8-10-16)24-29(26,27)17-11-12-20(28-5-2)18(22)14-17/h6-12,14-15,19,24H,4-5,13H2,1-3H3,(H,23,25)/t15-,19-/m1/s1. The highest BCUT2D eigenvalue weighted by molar-refractivity contribution is 7.89. The van der Waals surface area contributed by atoms with Gasteiger partial charge < -0.3 is 10.1 Å². The Balaban J connectivity index is 2.28. The van der Waals surface area contributed by atoms with Crippen LogP contribution in [0.4, 0.5) is 0 Å². The van der Waals surface area contributed by atoms with Crippen molar-refractivity contribution >= 4 is 27.5 Å². The number of ether oxygens (including phenoxy) is 1. The van der Waals surface area contributed by atoms with Gasteiger partial charge >= 0.3 is 0 Å². The Kier molecular flexibility index (Phi) is 8.49. The van der Waals surface area contributed by atoms with E-state index < -0.39 is 16.1 Å². The maximum atomic E-state index is 12.9. The summed E-state index contributed by atoms with van der Waals surface area (Å²) in [7, 11) is -3.97. The molecule has 0 spiro atoms. The van der Waals surface area contributed by atoms with Gasteiger partial charge in [-0.2, -0.15) is 4.72 Å². The van der Waals surface area contributed by atoms with E-state index in [2.05, 4.69) is 10.0 Å². The molecule has 0 fully saturated rings. The highest BCUT2D eigenvalue weighted by atomic mass is 35.5. The van der Waals surface area contributed by atoms with Gasteiger partial charge in [0.25, 0.3) is 0 Å². The van der Waals surface area contributed by atoms with Crippen molar-refractivity contribution in [1.82, 2.24) is 10.0 Å². The predicted octanol–water partition coefficient (Wildman–Crippen LogP) is 3.54. The minimum atomic E-state index is -3.97. The molecule has 0 aliphatic heterocycles. The molecule has 2 N–H and O–H groups in total. The topological polar surface area (TPSA) is 84.5 Å². The fourth-order valence-corrected chi connectivity index (χ4v) is 4.18. The van der Waals surface area contributed by atoms with Crippen LogP contribution >= 0.6 is 11.6 Å². The van der Waals surface area contributed by atoms with Crippen LogP contribution in [0.15, 0.2) is 53.4 Å². The Morgan fingerprint density at radius 3 is 2.41 bits per heavy atom. The maximum Gasteiger partial charge on any atom is 0.241 e. The van der Waals surface area contributed by atoms with Gasteiger partial charge in [-0.3, -0.25) is 4.79 Å². The molecular weight excluding hydrogens is 412 g/mol. The second-order valence-electron chi connectivity index (χ2n) is 6.71. The fraction of sp³-hybridized carbons (Fsp3) is 0.381. The van der Waals surface area contributed by atoms with Gasteiger partial charge in [-0.15, -0.1) is 0 Å². The molecule has 0 aliphatic carbocycles. The number of hydrogen-bond acceptors (Lipinski definition) is 4. The lowest BCUT2D eigenvalue weighted by Crippen LogP contribution is -2.50. The third kappa shape index (κ3) is 6.73. The number of sulfonamides is 1. The Labute approximate surface area is 177 Å². The van der Waals surface area contributed by atoms with E-state index in [1.54, 1.807) is 0 Å². The lowest BCUT2D eigenvalue weighted by atomic mass is 10.1. The van der Waals surface area contributed by atoms with Crippen LogP contribution < -0.4 is 14.8 Å². The normalized spacial score (nSPS) is 13.5. The van der Waals surface area contributed by atoms with Crippen LogP contribution in [0.5, 0.6) is 5.75 Å². The van der Waals surface area contributed by atoms with Gasteiger partial charge in [0.05, 0.1) is 16.5 Å². The van der Waals surface area contributed by atoms with Crippen LogP contribution in [0.25, 0.3) is 0 Å². The van der Waals surface area contributed by atoms with Crippen molar-refractivity contribution in [3.63, 3.8) is 0 Å². The van der Waals surface area contributed by atoms with E-state index >= 15 is 0 Å². The number of carbonyl (C=O) groups is 1. The van der Waals surface area contributed by atoms with Crippen LogP contribution in [0.2, 0.25) is 5.02 Å². The molecule has 29 heavy (non-hydrogen) atoms. The number of halogens is 1. The number of nitrogens with one attached hydrogen (secondary N) is 2. The molecule has 2 aromatic rings. The minimum absolute atomic E-state index is 0.0274.